The van der Waals surface area contributed by atoms with E-state index in [0.717, 1.165) is 4.90 Å². The van der Waals surface area contributed by atoms with Crippen molar-refractivity contribution in [3.8, 4) is 5.75 Å². The summed E-state index contributed by atoms with van der Waals surface area (Å²) >= 11 is 1.34. The predicted molar refractivity (Wildman–Crippen MR) is 156 cm³/mol. The summed E-state index contributed by atoms with van der Waals surface area (Å²) in [5.41, 5.74) is 1.52. The zero-order chi connectivity index (χ0) is 28.3. The minimum absolute atomic E-state index is 0.118. The fourth-order valence-electron chi connectivity index (χ4n) is 3.54. The lowest BCUT2D eigenvalue weighted by Gasteiger charge is -2.12. The predicted octanol–water partition coefficient (Wildman–Crippen LogP) is 5.97. The van der Waals surface area contributed by atoms with Gasteiger partial charge in [0.2, 0.25) is 5.91 Å². The largest absolute Gasteiger partial charge is 0.497 e. The first-order valence-electron chi connectivity index (χ1n) is 12.2. The second-order valence-corrected chi connectivity index (χ2v) is 9.49. The molecule has 0 fully saturated rings. The number of benzene rings is 4. The molecule has 0 atom stereocenters. The molecule has 40 heavy (non-hydrogen) atoms. The summed E-state index contributed by atoms with van der Waals surface area (Å²) in [4.78, 5) is 39.0. The van der Waals surface area contributed by atoms with Crippen LogP contribution in [-0.4, -0.2) is 30.6 Å². The molecule has 9 heteroatoms. The van der Waals surface area contributed by atoms with Gasteiger partial charge in [0, 0.05) is 27.4 Å². The molecule has 0 saturated heterocycles. The topological polar surface area (TPSA) is 96.5 Å². The van der Waals surface area contributed by atoms with Crippen LogP contribution in [0.5, 0.6) is 5.75 Å². The number of thioether (sulfide) groups is 1. The normalized spacial score (nSPS) is 10.9. The molecular weight excluding hydrogens is 529 g/mol. The van der Waals surface area contributed by atoms with E-state index < -0.39 is 17.6 Å². The molecule has 4 aromatic rings. The number of rotatable bonds is 10. The highest BCUT2D eigenvalue weighted by Gasteiger charge is 2.16. The van der Waals surface area contributed by atoms with E-state index in [4.69, 9.17) is 4.74 Å². The first-order valence-corrected chi connectivity index (χ1v) is 13.2. The highest BCUT2D eigenvalue weighted by Crippen LogP contribution is 2.22. The van der Waals surface area contributed by atoms with Crippen LogP contribution >= 0.6 is 11.8 Å². The van der Waals surface area contributed by atoms with Crippen LogP contribution < -0.4 is 20.7 Å². The third kappa shape index (κ3) is 8.05. The van der Waals surface area contributed by atoms with Crippen molar-refractivity contribution in [2.45, 2.75) is 4.90 Å². The number of hydrogen-bond donors (Lipinski definition) is 3. The van der Waals surface area contributed by atoms with Crippen LogP contribution in [0.2, 0.25) is 0 Å². The van der Waals surface area contributed by atoms with E-state index in [9.17, 15) is 18.8 Å². The lowest BCUT2D eigenvalue weighted by atomic mass is 10.1. The number of ether oxygens (including phenoxy) is 1. The summed E-state index contributed by atoms with van der Waals surface area (Å²) in [6.45, 7) is 0. The molecule has 0 aliphatic rings. The Labute approximate surface area is 235 Å². The molecule has 4 rings (SSSR count). The molecule has 3 N–H and O–H groups in total. The number of anilines is 2. The molecule has 202 valence electrons. The average Bonchev–Trinajstić information content (AvgIpc) is 2.98. The molecule has 7 nitrogen and oxygen atoms in total. The van der Waals surface area contributed by atoms with Crippen molar-refractivity contribution in [3.63, 3.8) is 0 Å². The van der Waals surface area contributed by atoms with Crippen molar-refractivity contribution in [1.82, 2.24) is 5.32 Å². The first-order chi connectivity index (χ1) is 19.4. The van der Waals surface area contributed by atoms with Gasteiger partial charge in [-0.2, -0.15) is 0 Å². The van der Waals surface area contributed by atoms with Gasteiger partial charge in [-0.05, 0) is 72.8 Å². The van der Waals surface area contributed by atoms with Crippen molar-refractivity contribution in [2.75, 3.05) is 23.5 Å². The van der Waals surface area contributed by atoms with Crippen LogP contribution in [-0.2, 0) is 9.59 Å². The SMILES string of the molecule is COc1ccc(NC(=O)CSc2ccc(NC(=O)/C(=C/c3ccccc3F)NC(=O)c3ccccc3)cc2)cc1. The Balaban J connectivity index is 1.39. The molecule has 0 unspecified atom stereocenters. The average molecular weight is 556 g/mol. The Hall–Kier alpha value is -4.89. The van der Waals surface area contributed by atoms with Gasteiger partial charge in [0.15, 0.2) is 0 Å². The van der Waals surface area contributed by atoms with Gasteiger partial charge in [-0.15, -0.1) is 11.8 Å². The van der Waals surface area contributed by atoms with Crippen LogP contribution in [0.3, 0.4) is 0 Å². The van der Waals surface area contributed by atoms with E-state index in [2.05, 4.69) is 16.0 Å². The molecule has 0 aromatic heterocycles. The van der Waals surface area contributed by atoms with Crippen LogP contribution in [0.25, 0.3) is 6.08 Å². The van der Waals surface area contributed by atoms with Crippen LogP contribution in [0.4, 0.5) is 15.8 Å². The Morgan fingerprint density at radius 1 is 0.800 bits per heavy atom. The van der Waals surface area contributed by atoms with Gasteiger partial charge in [-0.25, -0.2) is 4.39 Å². The van der Waals surface area contributed by atoms with Crippen LogP contribution in [0.15, 0.2) is 114 Å². The van der Waals surface area contributed by atoms with E-state index in [1.807, 2.05) is 0 Å². The van der Waals surface area contributed by atoms with Gasteiger partial charge in [0.25, 0.3) is 11.8 Å². The molecule has 0 aliphatic heterocycles. The van der Waals surface area contributed by atoms with Gasteiger partial charge in [-0.1, -0.05) is 36.4 Å². The number of halogens is 1. The first kappa shape index (κ1) is 28.1. The molecule has 0 bridgehead atoms. The molecule has 0 radical (unpaired) electrons. The number of carbonyl (C=O) groups excluding carboxylic acids is 3. The summed E-state index contributed by atoms with van der Waals surface area (Å²) in [6, 6.07) is 28.3. The molecule has 0 aliphatic carbocycles. The molecule has 0 saturated carbocycles. The Morgan fingerprint density at radius 2 is 1.43 bits per heavy atom. The van der Waals surface area contributed by atoms with Crippen LogP contribution in [0.1, 0.15) is 15.9 Å². The van der Waals surface area contributed by atoms with Gasteiger partial charge in [-0.3, -0.25) is 14.4 Å². The lowest BCUT2D eigenvalue weighted by molar-refractivity contribution is -0.114. The summed E-state index contributed by atoms with van der Waals surface area (Å²) in [5, 5.41) is 8.14. The Kier molecular flexibility index (Phi) is 9.68. The van der Waals surface area contributed by atoms with Gasteiger partial charge < -0.3 is 20.7 Å². The van der Waals surface area contributed by atoms with Crippen molar-refractivity contribution >= 4 is 46.9 Å². The van der Waals surface area contributed by atoms with Gasteiger partial charge in [0.05, 0.1) is 12.9 Å². The third-order valence-corrected chi connectivity index (χ3v) is 6.60. The van der Waals surface area contributed by atoms with E-state index >= 15 is 0 Å². The fourth-order valence-corrected chi connectivity index (χ4v) is 4.24. The van der Waals surface area contributed by atoms with Crippen molar-refractivity contribution in [2.24, 2.45) is 0 Å². The summed E-state index contributed by atoms with van der Waals surface area (Å²) in [7, 11) is 1.58. The maximum atomic E-state index is 14.3. The standard InChI is InChI=1S/C31H26FN3O4S/c1-39-25-15-11-23(12-16-25)33-29(36)20-40-26-17-13-24(14-18-26)34-31(38)28(19-22-9-5-6-10-27(22)32)35-30(37)21-7-3-2-4-8-21/h2-19H,20H2,1H3,(H,33,36)(H,34,38)(H,35,37)/b28-19-. The maximum Gasteiger partial charge on any atom is 0.272 e. The van der Waals surface area contributed by atoms with Crippen molar-refractivity contribution < 1.29 is 23.5 Å². The Bertz CT molecular complexity index is 1510. The lowest BCUT2D eigenvalue weighted by Crippen LogP contribution is -2.30. The highest BCUT2D eigenvalue weighted by atomic mass is 32.2. The molecule has 3 amide bonds. The van der Waals surface area contributed by atoms with Crippen molar-refractivity contribution in [1.29, 1.82) is 0 Å². The summed E-state index contributed by atoms with van der Waals surface area (Å²) < 4.78 is 19.4. The maximum absolute atomic E-state index is 14.3. The fraction of sp³-hybridized carbons (Fsp3) is 0.0645. The van der Waals surface area contributed by atoms with E-state index in [1.54, 1.807) is 92.0 Å². The molecule has 0 heterocycles. The number of carbonyl (C=O) groups is 3. The quantitative estimate of drug-likeness (QED) is 0.165. The number of hydrogen-bond acceptors (Lipinski definition) is 5. The zero-order valence-corrected chi connectivity index (χ0v) is 22.3. The van der Waals surface area contributed by atoms with E-state index in [-0.39, 0.29) is 22.9 Å². The molecule has 0 spiro atoms. The second kappa shape index (κ2) is 13.8. The third-order valence-electron chi connectivity index (χ3n) is 5.59. The number of amides is 3. The number of nitrogens with one attached hydrogen (secondary N) is 3. The van der Waals surface area contributed by atoms with Gasteiger partial charge in [0.1, 0.15) is 17.3 Å². The van der Waals surface area contributed by atoms with E-state index in [1.165, 1.54) is 36.0 Å². The minimum atomic E-state index is -0.619. The van der Waals surface area contributed by atoms with Crippen LogP contribution in [0, 0.1) is 5.82 Å². The second-order valence-electron chi connectivity index (χ2n) is 8.44. The zero-order valence-electron chi connectivity index (χ0n) is 21.5. The Morgan fingerprint density at radius 3 is 2.10 bits per heavy atom. The summed E-state index contributed by atoms with van der Waals surface area (Å²) in [6.07, 6.45) is 1.29. The smallest absolute Gasteiger partial charge is 0.272 e. The van der Waals surface area contributed by atoms with E-state index in [0.29, 0.717) is 22.7 Å². The highest BCUT2D eigenvalue weighted by molar-refractivity contribution is 8.00. The molecule has 4 aromatic carbocycles. The van der Waals surface area contributed by atoms with Crippen molar-refractivity contribution in [3.05, 3.63) is 126 Å². The van der Waals surface area contributed by atoms with Gasteiger partial charge >= 0.3 is 0 Å². The summed E-state index contributed by atoms with van der Waals surface area (Å²) in [5.74, 6) is -0.916. The number of methoxy groups -OCH3 is 1. The minimum Gasteiger partial charge on any atom is -0.497 e. The monoisotopic (exact) mass is 555 g/mol. The molecular formula is C31H26FN3O4S.